The van der Waals surface area contributed by atoms with Crippen LogP contribution in [0.5, 0.6) is 5.75 Å². The van der Waals surface area contributed by atoms with Crippen LogP contribution in [0, 0.1) is 13.8 Å². The monoisotopic (exact) mass is 337 g/mol. The summed E-state index contributed by atoms with van der Waals surface area (Å²) in [7, 11) is 2.95. The van der Waals surface area contributed by atoms with Gasteiger partial charge in [-0.25, -0.2) is 0 Å². The lowest BCUT2D eigenvalue weighted by Crippen LogP contribution is -2.37. The van der Waals surface area contributed by atoms with Crippen LogP contribution in [-0.2, 0) is 19.1 Å². The smallest absolute Gasteiger partial charge is 0.307 e. The van der Waals surface area contributed by atoms with Gasteiger partial charge in [0.2, 0.25) is 0 Å². The molecule has 0 unspecified atom stereocenters. The zero-order valence-corrected chi connectivity index (χ0v) is 15.0. The van der Waals surface area contributed by atoms with Gasteiger partial charge in [0.1, 0.15) is 5.75 Å². The molecule has 6 nitrogen and oxygen atoms in total. The molecule has 0 N–H and O–H groups in total. The number of esters is 1. The third kappa shape index (κ3) is 6.58. The van der Waals surface area contributed by atoms with E-state index in [4.69, 9.17) is 9.47 Å². The lowest BCUT2D eigenvalue weighted by molar-refractivity contribution is -0.142. The van der Waals surface area contributed by atoms with Gasteiger partial charge in [-0.05, 0) is 31.4 Å². The molecule has 0 saturated carbocycles. The highest BCUT2D eigenvalue weighted by atomic mass is 16.5. The molecule has 0 spiro atoms. The Morgan fingerprint density at radius 2 is 1.75 bits per heavy atom. The van der Waals surface area contributed by atoms with E-state index >= 15 is 0 Å². The molecule has 24 heavy (non-hydrogen) atoms. The highest BCUT2D eigenvalue weighted by Gasteiger charge is 2.16. The van der Waals surface area contributed by atoms with Crippen molar-refractivity contribution in [2.24, 2.45) is 0 Å². The second-order valence-electron chi connectivity index (χ2n) is 5.56. The molecule has 0 aliphatic rings. The third-order valence-electron chi connectivity index (χ3n) is 3.69. The van der Waals surface area contributed by atoms with Crippen molar-refractivity contribution >= 4 is 11.9 Å². The van der Waals surface area contributed by atoms with E-state index in [9.17, 15) is 9.59 Å². The summed E-state index contributed by atoms with van der Waals surface area (Å²) in [5.74, 6) is 0.239. The van der Waals surface area contributed by atoms with Gasteiger partial charge in [0.05, 0.1) is 13.5 Å². The Balaban J connectivity index is 2.63. The van der Waals surface area contributed by atoms with Gasteiger partial charge in [0, 0.05) is 26.8 Å². The Bertz CT molecular complexity index is 524. The Hall–Kier alpha value is -2.08. The molecule has 0 fully saturated rings. The lowest BCUT2D eigenvalue weighted by Gasteiger charge is -2.23. The van der Waals surface area contributed by atoms with E-state index in [-0.39, 0.29) is 24.9 Å². The van der Waals surface area contributed by atoms with E-state index in [1.54, 1.807) is 12.0 Å². The van der Waals surface area contributed by atoms with Gasteiger partial charge >= 0.3 is 5.97 Å². The van der Waals surface area contributed by atoms with E-state index < -0.39 is 0 Å². The molecule has 1 aromatic rings. The topological polar surface area (TPSA) is 65.1 Å². The lowest BCUT2D eigenvalue weighted by atomic mass is 10.1. The first-order valence-corrected chi connectivity index (χ1v) is 8.02. The maximum atomic E-state index is 12.4. The first kappa shape index (κ1) is 20.0. The molecule has 0 heterocycles. The predicted molar refractivity (Wildman–Crippen MR) is 91.1 cm³/mol. The van der Waals surface area contributed by atoms with Crippen LogP contribution in [0.1, 0.15) is 24.0 Å². The van der Waals surface area contributed by atoms with Crippen molar-refractivity contribution in [2.45, 2.75) is 26.7 Å². The Kier molecular flexibility index (Phi) is 8.86. The molecular formula is C18H27NO5. The molecule has 0 bridgehead atoms. The predicted octanol–water partition coefficient (Wildman–Crippen LogP) is 2.11. The summed E-state index contributed by atoms with van der Waals surface area (Å²) in [5, 5.41) is 0. The normalized spacial score (nSPS) is 10.3. The average molecular weight is 337 g/mol. The molecule has 6 heteroatoms. The van der Waals surface area contributed by atoms with E-state index in [0.29, 0.717) is 26.1 Å². The second-order valence-corrected chi connectivity index (χ2v) is 5.56. The number of hydrogen-bond acceptors (Lipinski definition) is 5. The molecule has 134 valence electrons. The quantitative estimate of drug-likeness (QED) is 0.483. The molecule has 1 aromatic carbocycles. The van der Waals surface area contributed by atoms with Gasteiger partial charge in [0.25, 0.3) is 5.91 Å². The number of amides is 1. The van der Waals surface area contributed by atoms with Gasteiger partial charge in [-0.3, -0.25) is 9.59 Å². The summed E-state index contributed by atoms with van der Waals surface area (Å²) in [6, 6.07) is 5.84. The van der Waals surface area contributed by atoms with Crippen molar-refractivity contribution < 1.29 is 23.8 Å². The van der Waals surface area contributed by atoms with Gasteiger partial charge in [-0.1, -0.05) is 18.2 Å². The van der Waals surface area contributed by atoms with Gasteiger partial charge < -0.3 is 19.1 Å². The summed E-state index contributed by atoms with van der Waals surface area (Å²) >= 11 is 0. The standard InChI is InChI=1S/C18H27NO5/c1-14-7-5-8-15(2)18(14)24-13-16(20)19(10-6-12-22-3)11-9-17(21)23-4/h5,7-8H,6,9-13H2,1-4H3. The number of methoxy groups -OCH3 is 2. The fourth-order valence-corrected chi connectivity index (χ4v) is 2.34. The number of rotatable bonds is 10. The van der Waals surface area contributed by atoms with Crippen LogP contribution in [0.3, 0.4) is 0 Å². The van der Waals surface area contributed by atoms with Gasteiger partial charge in [-0.15, -0.1) is 0 Å². The highest BCUT2D eigenvalue weighted by molar-refractivity contribution is 5.78. The van der Waals surface area contributed by atoms with Crippen LogP contribution in [0.25, 0.3) is 0 Å². The number of nitrogens with zero attached hydrogens (tertiary/aromatic N) is 1. The van der Waals surface area contributed by atoms with Crippen LogP contribution in [0.2, 0.25) is 0 Å². The van der Waals surface area contributed by atoms with Gasteiger partial charge in [0.15, 0.2) is 6.61 Å². The zero-order valence-electron chi connectivity index (χ0n) is 15.0. The molecule has 0 saturated heterocycles. The minimum Gasteiger partial charge on any atom is -0.483 e. The number of para-hydroxylation sites is 1. The largest absolute Gasteiger partial charge is 0.483 e. The minimum atomic E-state index is -0.338. The van der Waals surface area contributed by atoms with Crippen molar-refractivity contribution in [1.29, 1.82) is 0 Å². The van der Waals surface area contributed by atoms with E-state index in [2.05, 4.69) is 4.74 Å². The summed E-state index contributed by atoms with van der Waals surface area (Å²) in [6.45, 7) is 5.21. The fraction of sp³-hybridized carbons (Fsp3) is 0.556. The van der Waals surface area contributed by atoms with Crippen molar-refractivity contribution in [1.82, 2.24) is 4.90 Å². The summed E-state index contributed by atoms with van der Waals surface area (Å²) in [5.41, 5.74) is 1.98. The Labute approximate surface area is 143 Å². The zero-order chi connectivity index (χ0) is 17.9. The number of hydrogen-bond donors (Lipinski definition) is 0. The molecule has 0 atom stereocenters. The second kappa shape index (κ2) is 10.6. The van der Waals surface area contributed by atoms with Crippen molar-refractivity contribution in [3.8, 4) is 5.75 Å². The highest BCUT2D eigenvalue weighted by Crippen LogP contribution is 2.22. The van der Waals surface area contributed by atoms with E-state index in [1.807, 2.05) is 32.0 Å². The molecule has 1 rings (SSSR count). The van der Waals surface area contributed by atoms with Crippen LogP contribution in [-0.4, -0.2) is 57.3 Å². The number of carbonyl (C=O) groups excluding carboxylic acids is 2. The molecular weight excluding hydrogens is 310 g/mol. The van der Waals surface area contributed by atoms with Crippen LogP contribution < -0.4 is 4.74 Å². The van der Waals surface area contributed by atoms with E-state index in [0.717, 1.165) is 16.9 Å². The summed E-state index contributed by atoms with van der Waals surface area (Å²) in [4.78, 5) is 25.4. The SMILES string of the molecule is COCCCN(CCC(=O)OC)C(=O)COc1c(C)cccc1C. The molecule has 0 radical (unpaired) electrons. The van der Waals surface area contributed by atoms with Crippen LogP contribution in [0.4, 0.5) is 0 Å². The molecule has 0 aliphatic carbocycles. The number of carbonyl (C=O) groups is 2. The van der Waals surface area contributed by atoms with Gasteiger partial charge in [-0.2, -0.15) is 0 Å². The average Bonchev–Trinajstić information content (AvgIpc) is 2.56. The van der Waals surface area contributed by atoms with Crippen LogP contribution >= 0.6 is 0 Å². The Morgan fingerprint density at radius 1 is 1.08 bits per heavy atom. The maximum Gasteiger partial charge on any atom is 0.307 e. The van der Waals surface area contributed by atoms with Crippen molar-refractivity contribution in [3.63, 3.8) is 0 Å². The molecule has 0 aromatic heterocycles. The summed E-state index contributed by atoms with van der Waals surface area (Å²) in [6.07, 6.45) is 0.866. The minimum absolute atomic E-state index is 0.0557. The Morgan fingerprint density at radius 3 is 2.33 bits per heavy atom. The maximum absolute atomic E-state index is 12.4. The number of benzene rings is 1. The number of ether oxygens (including phenoxy) is 3. The molecule has 1 amide bonds. The first-order chi connectivity index (χ1) is 11.5. The fourth-order valence-electron chi connectivity index (χ4n) is 2.34. The van der Waals surface area contributed by atoms with Crippen molar-refractivity contribution in [2.75, 3.05) is 40.5 Å². The first-order valence-electron chi connectivity index (χ1n) is 8.02. The van der Waals surface area contributed by atoms with Crippen LogP contribution in [0.15, 0.2) is 18.2 Å². The number of aryl methyl sites for hydroxylation is 2. The van der Waals surface area contributed by atoms with Crippen molar-refractivity contribution in [3.05, 3.63) is 29.3 Å². The molecule has 0 aliphatic heterocycles. The third-order valence-corrected chi connectivity index (χ3v) is 3.69. The van der Waals surface area contributed by atoms with E-state index in [1.165, 1.54) is 7.11 Å². The summed E-state index contributed by atoms with van der Waals surface area (Å²) < 4.78 is 15.4.